The van der Waals surface area contributed by atoms with Gasteiger partial charge in [0, 0.05) is 29.9 Å². The molecule has 2 aromatic heterocycles. The zero-order valence-corrected chi connectivity index (χ0v) is 16.7. The zero-order chi connectivity index (χ0) is 20.7. The molecule has 5 rings (SSSR count). The molecule has 0 aliphatic heterocycles. The van der Waals surface area contributed by atoms with Gasteiger partial charge in [0.25, 0.3) is 0 Å². The van der Waals surface area contributed by atoms with Crippen molar-refractivity contribution in [2.24, 2.45) is 0 Å². The number of nitrogens with zero attached hydrogens (tertiary/aromatic N) is 2. The fourth-order valence-electron chi connectivity index (χ4n) is 4.21. The molecule has 1 N–H and O–H groups in total. The summed E-state index contributed by atoms with van der Waals surface area (Å²) in [5.74, 6) is 0.249. The van der Waals surface area contributed by atoms with E-state index in [9.17, 15) is 9.18 Å². The normalized spacial score (nSPS) is 13.0. The minimum absolute atomic E-state index is 0.117. The summed E-state index contributed by atoms with van der Waals surface area (Å²) in [6.07, 6.45) is 8.62. The lowest BCUT2D eigenvalue weighted by atomic mass is 10.0. The molecule has 0 spiro atoms. The molecule has 5 nitrogen and oxygen atoms in total. The lowest BCUT2D eigenvalue weighted by Gasteiger charge is -2.09. The molecule has 1 amide bonds. The Balaban J connectivity index is 1.26. The number of aromatic nitrogens is 2. The van der Waals surface area contributed by atoms with Gasteiger partial charge in [-0.15, -0.1) is 0 Å². The second kappa shape index (κ2) is 7.44. The van der Waals surface area contributed by atoms with Gasteiger partial charge >= 0.3 is 0 Å². The maximum absolute atomic E-state index is 14.5. The van der Waals surface area contributed by atoms with Gasteiger partial charge < -0.3 is 14.3 Å². The van der Waals surface area contributed by atoms with E-state index < -0.39 is 0 Å². The van der Waals surface area contributed by atoms with Crippen LogP contribution in [-0.4, -0.2) is 15.5 Å². The monoisotopic (exact) mass is 403 g/mol. The third-order valence-electron chi connectivity index (χ3n) is 5.81. The van der Waals surface area contributed by atoms with Crippen molar-refractivity contribution in [1.29, 1.82) is 0 Å². The van der Waals surface area contributed by atoms with Gasteiger partial charge in [0.2, 0.25) is 5.91 Å². The molecule has 0 atom stereocenters. The van der Waals surface area contributed by atoms with E-state index in [0.717, 1.165) is 29.4 Å². The van der Waals surface area contributed by atoms with Crippen molar-refractivity contribution >= 4 is 16.9 Å². The van der Waals surface area contributed by atoms with Crippen LogP contribution in [0.1, 0.15) is 34.5 Å². The van der Waals surface area contributed by atoms with E-state index in [1.165, 1.54) is 23.6 Å². The Hall–Kier alpha value is -3.41. The fraction of sp³-hybridized carbons (Fsp3) is 0.250. The number of carbonyl (C=O) groups excluding carboxylic acids is 1. The van der Waals surface area contributed by atoms with Gasteiger partial charge in [-0.3, -0.25) is 4.79 Å². The second-order valence-corrected chi connectivity index (χ2v) is 7.82. The van der Waals surface area contributed by atoms with Crippen molar-refractivity contribution in [3.05, 3.63) is 82.9 Å². The van der Waals surface area contributed by atoms with E-state index in [1.54, 1.807) is 29.3 Å². The van der Waals surface area contributed by atoms with Crippen LogP contribution < -0.4 is 5.32 Å². The molecule has 2 heterocycles. The predicted molar refractivity (Wildman–Crippen MR) is 112 cm³/mol. The topological polar surface area (TPSA) is 60.1 Å². The Labute approximate surface area is 173 Å². The summed E-state index contributed by atoms with van der Waals surface area (Å²) in [4.78, 5) is 16.6. The quantitative estimate of drug-likeness (QED) is 0.537. The number of halogens is 1. The first-order chi connectivity index (χ1) is 14.6. The number of hydrogen-bond acceptors (Lipinski definition) is 3. The Bertz CT molecular complexity index is 1250. The van der Waals surface area contributed by atoms with Gasteiger partial charge in [0.1, 0.15) is 17.2 Å². The molecule has 2 aromatic carbocycles. The van der Waals surface area contributed by atoms with E-state index >= 15 is 0 Å². The van der Waals surface area contributed by atoms with E-state index in [1.807, 2.05) is 13.0 Å². The van der Waals surface area contributed by atoms with Crippen LogP contribution in [-0.2, 0) is 30.6 Å². The number of aryl methyl sites for hydroxylation is 3. The van der Waals surface area contributed by atoms with Crippen molar-refractivity contribution in [1.82, 2.24) is 14.9 Å². The molecule has 0 saturated carbocycles. The number of hydrogen-bond donors (Lipinski definition) is 1. The lowest BCUT2D eigenvalue weighted by Crippen LogP contribution is -2.24. The van der Waals surface area contributed by atoms with Crippen LogP contribution in [0.5, 0.6) is 0 Å². The summed E-state index contributed by atoms with van der Waals surface area (Å²) in [5.41, 5.74) is 5.58. The molecule has 30 heavy (non-hydrogen) atoms. The maximum atomic E-state index is 14.5. The zero-order valence-electron chi connectivity index (χ0n) is 16.7. The summed E-state index contributed by atoms with van der Waals surface area (Å²) in [6.45, 7) is 2.09. The number of benzene rings is 2. The molecule has 0 radical (unpaired) electrons. The number of nitrogens with one attached hydrogen (secondary N) is 1. The molecule has 152 valence electrons. The van der Waals surface area contributed by atoms with Gasteiger partial charge in [-0.25, -0.2) is 9.37 Å². The molecule has 0 saturated heterocycles. The number of amides is 1. The number of fused-ring (bicyclic) bond motifs is 2. The lowest BCUT2D eigenvalue weighted by molar-refractivity contribution is -0.120. The smallest absolute Gasteiger partial charge is 0.224 e. The first-order valence-electron chi connectivity index (χ1n) is 10.2. The Morgan fingerprint density at radius 3 is 2.83 bits per heavy atom. The average Bonchev–Trinajstić information content (AvgIpc) is 3.45. The van der Waals surface area contributed by atoms with E-state index in [2.05, 4.69) is 22.4 Å². The van der Waals surface area contributed by atoms with E-state index in [4.69, 9.17) is 4.42 Å². The first-order valence-corrected chi connectivity index (χ1v) is 10.2. The van der Waals surface area contributed by atoms with Crippen molar-refractivity contribution in [3.8, 4) is 5.69 Å². The summed E-state index contributed by atoms with van der Waals surface area (Å²) in [7, 11) is 0. The van der Waals surface area contributed by atoms with Crippen LogP contribution in [0.15, 0.2) is 53.4 Å². The van der Waals surface area contributed by atoms with Crippen LogP contribution in [0.2, 0.25) is 0 Å². The molecular formula is C24H22FN3O2. The van der Waals surface area contributed by atoms with E-state index in [-0.39, 0.29) is 24.7 Å². The van der Waals surface area contributed by atoms with Crippen LogP contribution in [0.3, 0.4) is 0 Å². The van der Waals surface area contributed by atoms with Crippen LogP contribution in [0, 0.1) is 12.7 Å². The molecule has 0 bridgehead atoms. The van der Waals surface area contributed by atoms with Gasteiger partial charge in [-0.2, -0.15) is 0 Å². The van der Waals surface area contributed by atoms with E-state index in [0.29, 0.717) is 17.1 Å². The summed E-state index contributed by atoms with van der Waals surface area (Å²) < 4.78 is 21.9. The van der Waals surface area contributed by atoms with Gasteiger partial charge in [-0.05, 0) is 67.1 Å². The number of carbonyl (C=O) groups is 1. The molecule has 6 heteroatoms. The van der Waals surface area contributed by atoms with Crippen molar-refractivity contribution in [2.75, 3.05) is 0 Å². The molecule has 4 aromatic rings. The van der Waals surface area contributed by atoms with Crippen LogP contribution in [0.4, 0.5) is 4.39 Å². The molecule has 0 unspecified atom stereocenters. The number of rotatable bonds is 5. The molecule has 1 aliphatic carbocycles. The fourth-order valence-corrected chi connectivity index (χ4v) is 4.21. The predicted octanol–water partition coefficient (Wildman–Crippen LogP) is 4.41. The third kappa shape index (κ3) is 3.38. The molecule has 0 fully saturated rings. The highest BCUT2D eigenvalue weighted by Crippen LogP contribution is 2.30. The summed E-state index contributed by atoms with van der Waals surface area (Å²) >= 11 is 0. The minimum atomic E-state index is -0.350. The van der Waals surface area contributed by atoms with Crippen molar-refractivity contribution < 1.29 is 13.6 Å². The highest BCUT2D eigenvalue weighted by Gasteiger charge is 2.17. The minimum Gasteiger partial charge on any atom is -0.464 e. The van der Waals surface area contributed by atoms with Crippen LogP contribution >= 0.6 is 0 Å². The molecular weight excluding hydrogens is 381 g/mol. The van der Waals surface area contributed by atoms with Gasteiger partial charge in [0.05, 0.1) is 18.4 Å². The maximum Gasteiger partial charge on any atom is 0.224 e. The van der Waals surface area contributed by atoms with Crippen molar-refractivity contribution in [3.63, 3.8) is 0 Å². The first kappa shape index (κ1) is 18.6. The van der Waals surface area contributed by atoms with Gasteiger partial charge in [0.15, 0.2) is 0 Å². The number of furan rings is 1. The van der Waals surface area contributed by atoms with Crippen molar-refractivity contribution in [2.45, 2.75) is 39.2 Å². The molecule has 1 aliphatic rings. The SMILES string of the molecule is Cc1nccn1-c1ccc(CNC(=O)Cc2coc3cc4c(cc23)CCC4)cc1F. The van der Waals surface area contributed by atoms with Gasteiger partial charge in [-0.1, -0.05) is 6.07 Å². The third-order valence-corrected chi connectivity index (χ3v) is 5.81. The Kier molecular flexibility index (Phi) is 4.62. The number of imidazole rings is 1. The standard InChI is InChI=1S/C24H22FN3O2/c1-15-26-7-8-28(15)22-6-5-16(9-21(22)25)13-27-24(29)12-19-14-30-23-11-18-4-2-3-17(18)10-20(19)23/h5-11,14H,2-4,12-13H2,1H3,(H,27,29). The largest absolute Gasteiger partial charge is 0.464 e. The summed E-state index contributed by atoms with van der Waals surface area (Å²) in [6, 6.07) is 9.23. The Morgan fingerprint density at radius 1 is 1.23 bits per heavy atom. The second-order valence-electron chi connectivity index (χ2n) is 7.82. The summed E-state index contributed by atoms with van der Waals surface area (Å²) in [5, 5.41) is 3.89. The highest BCUT2D eigenvalue weighted by atomic mass is 19.1. The average molecular weight is 403 g/mol. The highest BCUT2D eigenvalue weighted by molar-refractivity contribution is 5.88. The van der Waals surface area contributed by atoms with Crippen LogP contribution in [0.25, 0.3) is 16.7 Å². The Morgan fingerprint density at radius 2 is 2.07 bits per heavy atom.